The first-order chi connectivity index (χ1) is 11.5. The fraction of sp³-hybridized carbons (Fsp3) is 0.438. The maximum atomic E-state index is 12.6. The molecule has 8 heteroatoms. The average molecular weight is 412 g/mol. The van der Waals surface area contributed by atoms with Crippen LogP contribution in [0.3, 0.4) is 0 Å². The Kier molecular flexibility index (Phi) is 5.15. The van der Waals surface area contributed by atoms with E-state index in [0.29, 0.717) is 12.8 Å². The molecule has 1 aromatic carbocycles. The molecule has 1 spiro atoms. The van der Waals surface area contributed by atoms with Gasteiger partial charge in [-0.2, -0.15) is 5.01 Å². The van der Waals surface area contributed by atoms with E-state index in [9.17, 15) is 14.4 Å². The number of nitrogens with zero attached hydrogens (tertiary/aromatic N) is 1. The predicted octanol–water partition coefficient (Wildman–Crippen LogP) is 2.83. The van der Waals surface area contributed by atoms with E-state index in [1.165, 1.54) is 11.8 Å². The molecule has 1 aliphatic carbocycles. The van der Waals surface area contributed by atoms with Gasteiger partial charge in [0.05, 0.1) is 5.75 Å². The second-order valence-corrected chi connectivity index (χ2v) is 7.96. The third kappa shape index (κ3) is 3.59. The number of benzene rings is 1. The van der Waals surface area contributed by atoms with Crippen LogP contribution in [0.2, 0.25) is 0 Å². The Bertz CT molecular complexity index is 659. The van der Waals surface area contributed by atoms with Gasteiger partial charge >= 0.3 is 6.03 Å². The van der Waals surface area contributed by atoms with E-state index >= 15 is 0 Å². The van der Waals surface area contributed by atoms with Gasteiger partial charge in [0, 0.05) is 9.37 Å². The van der Waals surface area contributed by atoms with Crippen LogP contribution in [0, 0.1) is 0 Å². The number of carbonyl (C=O) groups excluding carboxylic acids is 3. The van der Waals surface area contributed by atoms with Crippen LogP contribution in [0.25, 0.3) is 0 Å². The summed E-state index contributed by atoms with van der Waals surface area (Å²) in [7, 11) is 0. The molecule has 2 aliphatic rings. The summed E-state index contributed by atoms with van der Waals surface area (Å²) < 4.78 is 0.966. The predicted molar refractivity (Wildman–Crippen MR) is 94.2 cm³/mol. The summed E-state index contributed by atoms with van der Waals surface area (Å²) in [6.45, 7) is 0. The van der Waals surface area contributed by atoms with Gasteiger partial charge in [0.15, 0.2) is 0 Å². The number of urea groups is 1. The molecule has 1 heterocycles. The number of carbonyl (C=O) groups is 3. The smallest absolute Gasteiger partial charge is 0.322 e. The minimum atomic E-state index is -0.818. The highest BCUT2D eigenvalue weighted by Gasteiger charge is 2.52. The molecule has 2 fully saturated rings. The molecule has 3 rings (SSSR count). The Balaban J connectivity index is 1.56. The third-order valence-electron chi connectivity index (χ3n) is 4.29. The molecule has 0 radical (unpaired) electrons. The largest absolute Gasteiger partial charge is 0.344 e. The van der Waals surface area contributed by atoms with Crippen molar-refractivity contribution in [3.8, 4) is 0 Å². The Morgan fingerprint density at radius 3 is 2.54 bits per heavy atom. The Morgan fingerprint density at radius 2 is 1.88 bits per heavy atom. The zero-order chi connectivity index (χ0) is 17.2. The first kappa shape index (κ1) is 17.3. The summed E-state index contributed by atoms with van der Waals surface area (Å²) >= 11 is 4.70. The van der Waals surface area contributed by atoms with Gasteiger partial charge in [0.1, 0.15) is 5.54 Å². The van der Waals surface area contributed by atoms with Crippen molar-refractivity contribution in [3.05, 3.63) is 28.7 Å². The number of thioether (sulfide) groups is 1. The van der Waals surface area contributed by atoms with Crippen LogP contribution in [0.4, 0.5) is 4.79 Å². The molecule has 1 aromatic rings. The van der Waals surface area contributed by atoms with Crippen molar-refractivity contribution >= 4 is 45.5 Å². The molecule has 1 aliphatic heterocycles. The molecule has 4 amide bonds. The fourth-order valence-corrected chi connectivity index (χ4v) is 4.01. The van der Waals surface area contributed by atoms with Crippen LogP contribution in [0.1, 0.15) is 32.1 Å². The van der Waals surface area contributed by atoms with Gasteiger partial charge in [-0.05, 0) is 37.1 Å². The molecule has 6 nitrogen and oxygen atoms in total. The van der Waals surface area contributed by atoms with E-state index in [4.69, 9.17) is 0 Å². The zero-order valence-corrected chi connectivity index (χ0v) is 15.4. The summed E-state index contributed by atoms with van der Waals surface area (Å²) in [6, 6.07) is 7.04. The van der Waals surface area contributed by atoms with E-state index in [1.54, 1.807) is 0 Å². The zero-order valence-electron chi connectivity index (χ0n) is 13.0. The molecule has 2 N–H and O–H groups in total. The Hall–Kier alpha value is -1.54. The number of amides is 4. The maximum absolute atomic E-state index is 12.6. The number of imide groups is 1. The monoisotopic (exact) mass is 411 g/mol. The summed E-state index contributed by atoms with van der Waals surface area (Å²) in [5, 5.41) is 3.61. The van der Waals surface area contributed by atoms with Crippen molar-refractivity contribution in [2.24, 2.45) is 0 Å². The first-order valence-electron chi connectivity index (χ1n) is 7.85. The minimum Gasteiger partial charge on any atom is -0.322 e. The van der Waals surface area contributed by atoms with Crippen LogP contribution in [0.5, 0.6) is 0 Å². The van der Waals surface area contributed by atoms with Gasteiger partial charge in [0.25, 0.3) is 5.91 Å². The van der Waals surface area contributed by atoms with Crippen molar-refractivity contribution in [2.75, 3.05) is 5.75 Å². The second kappa shape index (κ2) is 7.14. The summed E-state index contributed by atoms with van der Waals surface area (Å²) in [5.74, 6) is -0.584. The molecule has 24 heavy (non-hydrogen) atoms. The van der Waals surface area contributed by atoms with Crippen LogP contribution < -0.4 is 10.7 Å². The van der Waals surface area contributed by atoms with E-state index in [2.05, 4.69) is 26.7 Å². The van der Waals surface area contributed by atoms with Gasteiger partial charge < -0.3 is 5.32 Å². The quantitative estimate of drug-likeness (QED) is 0.589. The molecule has 128 valence electrons. The Morgan fingerprint density at radius 1 is 1.21 bits per heavy atom. The summed E-state index contributed by atoms with van der Waals surface area (Å²) in [6.07, 6.45) is 4.16. The van der Waals surface area contributed by atoms with Crippen LogP contribution >= 0.6 is 27.7 Å². The first-order valence-corrected chi connectivity index (χ1v) is 9.63. The number of rotatable bonds is 4. The molecule has 0 atom stereocenters. The normalized spacial score (nSPS) is 19.5. The fourth-order valence-electron chi connectivity index (χ4n) is 3.05. The lowest BCUT2D eigenvalue weighted by Gasteiger charge is -2.30. The topological polar surface area (TPSA) is 78.5 Å². The second-order valence-electron chi connectivity index (χ2n) is 5.99. The van der Waals surface area contributed by atoms with Gasteiger partial charge in [-0.1, -0.05) is 35.2 Å². The average Bonchev–Trinajstić information content (AvgIpc) is 2.79. The van der Waals surface area contributed by atoms with Gasteiger partial charge in [-0.25, -0.2) is 4.79 Å². The third-order valence-corrected chi connectivity index (χ3v) is 5.83. The molecule has 1 saturated carbocycles. The van der Waals surface area contributed by atoms with Crippen molar-refractivity contribution < 1.29 is 14.4 Å². The van der Waals surface area contributed by atoms with Gasteiger partial charge in [-0.15, -0.1) is 11.8 Å². The number of nitrogens with one attached hydrogen (secondary N) is 2. The van der Waals surface area contributed by atoms with Crippen molar-refractivity contribution in [3.63, 3.8) is 0 Å². The van der Waals surface area contributed by atoms with Crippen molar-refractivity contribution in [1.29, 1.82) is 0 Å². The maximum Gasteiger partial charge on any atom is 0.344 e. The highest BCUT2D eigenvalue weighted by molar-refractivity contribution is 9.10. The lowest BCUT2D eigenvalue weighted by Crippen LogP contribution is -2.51. The van der Waals surface area contributed by atoms with Crippen molar-refractivity contribution in [1.82, 2.24) is 15.8 Å². The van der Waals surface area contributed by atoms with Gasteiger partial charge in [0.2, 0.25) is 5.91 Å². The highest BCUT2D eigenvalue weighted by Crippen LogP contribution is 2.33. The number of hydrazine groups is 1. The molecular formula is C16H18BrN3O3S. The van der Waals surface area contributed by atoms with Crippen LogP contribution in [0.15, 0.2) is 33.6 Å². The van der Waals surface area contributed by atoms with Crippen LogP contribution in [-0.4, -0.2) is 34.1 Å². The molecule has 0 aromatic heterocycles. The van der Waals surface area contributed by atoms with Crippen molar-refractivity contribution in [2.45, 2.75) is 42.5 Å². The standard InChI is InChI=1S/C16H18BrN3O3S/c17-11-4-6-12(7-5-11)24-10-13(21)19-20-14(22)16(18-15(20)23)8-2-1-3-9-16/h4-7H,1-3,8-10H2,(H,18,23)(H,19,21). The number of halogens is 1. The molecular weight excluding hydrogens is 394 g/mol. The summed E-state index contributed by atoms with van der Waals surface area (Å²) in [5.41, 5.74) is 1.62. The lowest BCUT2D eigenvalue weighted by molar-refractivity contribution is -0.139. The lowest BCUT2D eigenvalue weighted by atomic mass is 9.82. The molecule has 0 bridgehead atoms. The minimum absolute atomic E-state index is 0.131. The number of hydrogen-bond donors (Lipinski definition) is 2. The number of hydrogen-bond acceptors (Lipinski definition) is 4. The molecule has 0 unspecified atom stereocenters. The molecule has 1 saturated heterocycles. The van der Waals surface area contributed by atoms with E-state index < -0.39 is 11.6 Å². The van der Waals surface area contributed by atoms with Gasteiger partial charge in [-0.3, -0.25) is 15.0 Å². The van der Waals surface area contributed by atoms with Crippen LogP contribution in [-0.2, 0) is 9.59 Å². The SMILES string of the molecule is O=C(CSc1ccc(Br)cc1)NN1C(=O)NC2(CCCCC2)C1=O. The van der Waals surface area contributed by atoms with E-state index in [0.717, 1.165) is 33.6 Å². The highest BCUT2D eigenvalue weighted by atomic mass is 79.9. The summed E-state index contributed by atoms with van der Waals surface area (Å²) in [4.78, 5) is 37.7. The Labute approximate surface area is 152 Å². The van der Waals surface area contributed by atoms with E-state index in [-0.39, 0.29) is 17.6 Å². The van der Waals surface area contributed by atoms with E-state index in [1.807, 2.05) is 24.3 Å².